The molecule has 2 saturated carbocycles. The van der Waals surface area contributed by atoms with Crippen LogP contribution in [-0.4, -0.2) is 41.6 Å². The minimum Gasteiger partial charge on any atom is -0.457 e. The number of esters is 1. The predicted octanol–water partition coefficient (Wildman–Crippen LogP) is 3.79. The molecule has 0 radical (unpaired) electrons. The molecule has 1 aliphatic heterocycles. The lowest BCUT2D eigenvalue weighted by Gasteiger charge is -2.37. The number of carbonyl (C=O) groups is 4. The van der Waals surface area contributed by atoms with E-state index >= 15 is 0 Å². The van der Waals surface area contributed by atoms with Gasteiger partial charge in [0.15, 0.2) is 12.4 Å². The Morgan fingerprint density at radius 2 is 1.56 bits per heavy atom. The van der Waals surface area contributed by atoms with E-state index in [-0.39, 0.29) is 54.3 Å². The molecule has 2 bridgehead atoms. The number of Topliss-reactive ketones (excluding diaryl/α,β-unsaturated/α-hetero) is 1. The molecule has 1 aromatic rings. The fraction of sp³-hybridized carbons (Fsp3) is 0.520. The number of likely N-dealkylation sites (tertiary alicyclic amines) is 1. The summed E-state index contributed by atoms with van der Waals surface area (Å²) in [5.41, 5.74) is 0.502. The molecule has 0 spiro atoms. The molecule has 3 fully saturated rings. The van der Waals surface area contributed by atoms with Gasteiger partial charge in [0.05, 0.1) is 11.8 Å². The highest BCUT2D eigenvalue weighted by atomic mass is 79.9. The number of allylic oxidation sites excluding steroid dienone is 2. The van der Waals surface area contributed by atoms with Crippen LogP contribution in [0.15, 0.2) is 40.9 Å². The number of ketones is 1. The van der Waals surface area contributed by atoms with Crippen LogP contribution in [0.2, 0.25) is 0 Å². The number of nitrogens with zero attached hydrogens (tertiary/aromatic N) is 1. The highest BCUT2D eigenvalue weighted by Gasteiger charge is 2.66. The summed E-state index contributed by atoms with van der Waals surface area (Å²) in [5, 5.41) is 0. The molecule has 0 aromatic heterocycles. The first-order valence-electron chi connectivity index (χ1n) is 11.4. The highest BCUT2D eigenvalue weighted by Crippen LogP contribution is 2.65. The Kier molecular flexibility index (Phi) is 5.78. The second-order valence-electron chi connectivity index (χ2n) is 9.38. The van der Waals surface area contributed by atoms with E-state index < -0.39 is 5.97 Å². The van der Waals surface area contributed by atoms with Crippen molar-refractivity contribution in [3.8, 4) is 0 Å². The van der Waals surface area contributed by atoms with Crippen molar-refractivity contribution in [2.45, 2.75) is 32.1 Å². The molecule has 6 nitrogen and oxygen atoms in total. The number of amides is 2. The van der Waals surface area contributed by atoms with Crippen molar-refractivity contribution >= 4 is 39.5 Å². The first-order valence-corrected chi connectivity index (χ1v) is 12.2. The number of hydrogen-bond donors (Lipinski definition) is 0. The molecular formula is C25H26BrNO5. The zero-order valence-corrected chi connectivity index (χ0v) is 19.3. The molecule has 32 heavy (non-hydrogen) atoms. The summed E-state index contributed by atoms with van der Waals surface area (Å²) in [7, 11) is 0. The second kappa shape index (κ2) is 8.58. The van der Waals surface area contributed by atoms with E-state index in [1.807, 2.05) is 0 Å². The van der Waals surface area contributed by atoms with Crippen LogP contribution in [0.1, 0.15) is 42.5 Å². The maximum Gasteiger partial charge on any atom is 0.306 e. The molecule has 4 aliphatic carbocycles. The van der Waals surface area contributed by atoms with E-state index in [1.165, 1.54) is 11.3 Å². The maximum atomic E-state index is 12.9. The summed E-state index contributed by atoms with van der Waals surface area (Å²) in [6.45, 7) is 0.162. The molecule has 0 unspecified atom stereocenters. The third-order valence-electron chi connectivity index (χ3n) is 7.55. The summed E-state index contributed by atoms with van der Waals surface area (Å²) in [5.74, 6) is 0.841. The monoisotopic (exact) mass is 499 g/mol. The number of hydrogen-bond acceptors (Lipinski definition) is 5. The SMILES string of the molecule is O=C(CCCCCN1C(=O)[C@@H]2[C@H]3C=C[C@@H]([C@@H]4C[C@H]34)[C@@H]2C1=O)OCC(=O)c1ccc(Br)cc1. The fourth-order valence-electron chi connectivity index (χ4n) is 5.89. The lowest BCUT2D eigenvalue weighted by molar-refractivity contribution is -0.143. The molecule has 168 valence electrons. The van der Waals surface area contributed by atoms with Crippen molar-refractivity contribution in [1.82, 2.24) is 4.90 Å². The topological polar surface area (TPSA) is 80.8 Å². The van der Waals surface area contributed by atoms with Gasteiger partial charge in [0.1, 0.15) is 0 Å². The lowest BCUT2D eigenvalue weighted by atomic mass is 9.63. The van der Waals surface area contributed by atoms with Crippen LogP contribution in [0, 0.1) is 35.5 Å². The third-order valence-corrected chi connectivity index (χ3v) is 8.08. The van der Waals surface area contributed by atoms with Gasteiger partial charge in [-0.2, -0.15) is 0 Å². The maximum absolute atomic E-state index is 12.9. The quantitative estimate of drug-likeness (QED) is 0.170. The Bertz CT molecular complexity index is 951. The van der Waals surface area contributed by atoms with Gasteiger partial charge in [0.25, 0.3) is 0 Å². The van der Waals surface area contributed by atoms with Crippen LogP contribution >= 0.6 is 15.9 Å². The van der Waals surface area contributed by atoms with Gasteiger partial charge in [0, 0.05) is 23.0 Å². The minimum atomic E-state index is -0.406. The van der Waals surface area contributed by atoms with E-state index in [9.17, 15) is 19.2 Å². The van der Waals surface area contributed by atoms with E-state index in [2.05, 4.69) is 28.1 Å². The van der Waals surface area contributed by atoms with Crippen molar-refractivity contribution in [3.05, 3.63) is 46.5 Å². The Labute approximate surface area is 195 Å². The van der Waals surface area contributed by atoms with Crippen LogP contribution in [0.25, 0.3) is 0 Å². The smallest absolute Gasteiger partial charge is 0.306 e. The number of imide groups is 1. The summed E-state index contributed by atoms with van der Waals surface area (Å²) in [4.78, 5) is 51.3. The number of rotatable bonds is 9. The zero-order chi connectivity index (χ0) is 22.4. The van der Waals surface area contributed by atoms with Gasteiger partial charge in [-0.1, -0.05) is 46.6 Å². The van der Waals surface area contributed by atoms with E-state index in [4.69, 9.17) is 4.74 Å². The fourth-order valence-corrected chi connectivity index (χ4v) is 6.16. The standard InChI is InChI=1S/C25H26BrNO5/c26-15-7-5-14(6-8-15)20(28)13-32-21(29)4-2-1-3-11-27-24(30)22-16-9-10-17(19-12-18(16)19)23(22)25(27)31/h5-10,16-19,22-23H,1-4,11-13H2/t16-,17-,18-,19+,22-,23+/m0/s1. The highest BCUT2D eigenvalue weighted by molar-refractivity contribution is 9.10. The van der Waals surface area contributed by atoms with Crippen LogP contribution in [0.3, 0.4) is 0 Å². The average molecular weight is 500 g/mol. The molecule has 6 rings (SSSR count). The second-order valence-corrected chi connectivity index (χ2v) is 10.3. The molecular weight excluding hydrogens is 474 g/mol. The molecule has 1 aromatic carbocycles. The number of ether oxygens (including phenoxy) is 1. The zero-order valence-electron chi connectivity index (χ0n) is 17.7. The molecule has 6 atom stereocenters. The Morgan fingerprint density at radius 3 is 2.19 bits per heavy atom. The Balaban J connectivity index is 1.02. The molecule has 1 heterocycles. The molecule has 0 N–H and O–H groups in total. The van der Waals surface area contributed by atoms with Gasteiger partial charge in [-0.05, 0) is 55.1 Å². The van der Waals surface area contributed by atoms with Gasteiger partial charge < -0.3 is 4.74 Å². The van der Waals surface area contributed by atoms with Crippen LogP contribution < -0.4 is 0 Å². The third kappa shape index (κ3) is 3.85. The van der Waals surface area contributed by atoms with Gasteiger partial charge in [-0.3, -0.25) is 24.1 Å². The molecule has 2 amide bonds. The van der Waals surface area contributed by atoms with Gasteiger partial charge in [-0.15, -0.1) is 0 Å². The van der Waals surface area contributed by atoms with Crippen molar-refractivity contribution in [2.75, 3.05) is 13.2 Å². The van der Waals surface area contributed by atoms with Crippen LogP contribution in [0.5, 0.6) is 0 Å². The summed E-state index contributed by atoms with van der Waals surface area (Å²) in [6, 6.07) is 6.90. The Hall–Kier alpha value is -2.28. The number of unbranched alkanes of at least 4 members (excludes halogenated alkanes) is 2. The predicted molar refractivity (Wildman–Crippen MR) is 119 cm³/mol. The first-order chi connectivity index (χ1) is 15.5. The van der Waals surface area contributed by atoms with Gasteiger partial charge >= 0.3 is 5.97 Å². The minimum absolute atomic E-state index is 0.00978. The average Bonchev–Trinajstić information content (AvgIpc) is 3.57. The van der Waals surface area contributed by atoms with Crippen molar-refractivity contribution in [3.63, 3.8) is 0 Å². The van der Waals surface area contributed by atoms with E-state index in [1.54, 1.807) is 24.3 Å². The molecule has 7 heteroatoms. The Morgan fingerprint density at radius 1 is 0.938 bits per heavy atom. The van der Waals surface area contributed by atoms with E-state index in [0.717, 1.165) is 10.9 Å². The van der Waals surface area contributed by atoms with E-state index in [0.29, 0.717) is 36.8 Å². The number of carbonyl (C=O) groups excluding carboxylic acids is 4. The van der Waals surface area contributed by atoms with Gasteiger partial charge in [-0.25, -0.2) is 0 Å². The van der Waals surface area contributed by atoms with Crippen LogP contribution in [0.4, 0.5) is 0 Å². The molecule has 1 saturated heterocycles. The number of halogens is 1. The van der Waals surface area contributed by atoms with Crippen molar-refractivity contribution in [1.29, 1.82) is 0 Å². The summed E-state index contributed by atoms with van der Waals surface area (Å²) >= 11 is 3.31. The largest absolute Gasteiger partial charge is 0.457 e. The van der Waals surface area contributed by atoms with Crippen molar-refractivity contribution < 1.29 is 23.9 Å². The summed E-state index contributed by atoms with van der Waals surface area (Å²) in [6.07, 6.45) is 7.75. The van der Waals surface area contributed by atoms with Gasteiger partial charge in [0.2, 0.25) is 11.8 Å². The first kappa shape index (κ1) is 21.6. The number of benzene rings is 1. The molecule has 5 aliphatic rings. The summed E-state index contributed by atoms with van der Waals surface area (Å²) < 4.78 is 5.96. The van der Waals surface area contributed by atoms with Crippen molar-refractivity contribution in [2.24, 2.45) is 35.5 Å². The normalized spacial score (nSPS) is 31.5. The van der Waals surface area contributed by atoms with Crippen LogP contribution in [-0.2, 0) is 19.1 Å². The lowest BCUT2D eigenvalue weighted by Crippen LogP contribution is -2.40.